The van der Waals surface area contributed by atoms with Crippen molar-refractivity contribution in [1.82, 2.24) is 4.90 Å². The lowest BCUT2D eigenvalue weighted by Crippen LogP contribution is -2.57. The van der Waals surface area contributed by atoms with Gasteiger partial charge in [-0.1, -0.05) is 0 Å². The molecule has 1 unspecified atom stereocenters. The molecule has 1 aliphatic rings. The quantitative estimate of drug-likeness (QED) is 0.868. The Hall–Kier alpha value is -2.04. The maximum Gasteiger partial charge on any atom is 0.329 e. The Morgan fingerprint density at radius 1 is 1.30 bits per heavy atom. The van der Waals surface area contributed by atoms with Crippen molar-refractivity contribution in [3.8, 4) is 5.75 Å². The van der Waals surface area contributed by atoms with Gasteiger partial charge in [0.05, 0.1) is 0 Å². The minimum absolute atomic E-state index is 0.0960. The van der Waals surface area contributed by atoms with Gasteiger partial charge in [-0.25, -0.2) is 4.79 Å². The summed E-state index contributed by atoms with van der Waals surface area (Å²) in [4.78, 5) is 25.6. The van der Waals surface area contributed by atoms with E-state index in [-0.39, 0.29) is 11.7 Å². The minimum atomic E-state index is -1.15. The second-order valence-electron chi connectivity index (χ2n) is 5.49. The third-order valence-electron chi connectivity index (χ3n) is 4.04. The Kier molecular flexibility index (Phi) is 3.70. The van der Waals surface area contributed by atoms with Crippen LogP contribution in [-0.2, 0) is 4.79 Å². The van der Waals surface area contributed by atoms with Gasteiger partial charge in [-0.2, -0.15) is 0 Å². The molecule has 1 amide bonds. The first-order valence-electron chi connectivity index (χ1n) is 6.71. The SMILES string of the molecule is Cc1cc(O)ccc1C(=O)N1CCCCC1(C)C(=O)O. The molecule has 1 fully saturated rings. The summed E-state index contributed by atoms with van der Waals surface area (Å²) in [5.41, 5.74) is -0.0647. The molecule has 1 aliphatic heterocycles. The number of amides is 1. The molecule has 1 aromatic carbocycles. The molecule has 5 heteroatoms. The molecule has 1 heterocycles. The summed E-state index contributed by atoms with van der Waals surface area (Å²) in [6, 6.07) is 4.50. The molecular weight excluding hydrogens is 258 g/mol. The number of hydrogen-bond acceptors (Lipinski definition) is 3. The Labute approximate surface area is 117 Å². The fourth-order valence-electron chi connectivity index (χ4n) is 2.70. The average Bonchev–Trinajstić information content (AvgIpc) is 2.38. The molecule has 2 rings (SSSR count). The van der Waals surface area contributed by atoms with Gasteiger partial charge in [-0.15, -0.1) is 0 Å². The van der Waals surface area contributed by atoms with E-state index in [9.17, 15) is 19.8 Å². The molecule has 108 valence electrons. The third kappa shape index (κ3) is 2.35. The van der Waals surface area contributed by atoms with Crippen LogP contribution in [0.4, 0.5) is 0 Å². The van der Waals surface area contributed by atoms with Crippen molar-refractivity contribution in [1.29, 1.82) is 0 Å². The van der Waals surface area contributed by atoms with E-state index in [2.05, 4.69) is 0 Å². The number of carbonyl (C=O) groups is 2. The number of benzene rings is 1. The standard InChI is InChI=1S/C15H19NO4/c1-10-9-11(17)5-6-12(10)13(18)16-8-4-3-7-15(16,2)14(19)20/h5-6,9,17H,3-4,7-8H2,1-2H3,(H,19,20). The van der Waals surface area contributed by atoms with Crippen LogP contribution in [-0.4, -0.2) is 39.1 Å². The number of aryl methyl sites for hydroxylation is 1. The summed E-state index contributed by atoms with van der Waals surface area (Å²) >= 11 is 0. The van der Waals surface area contributed by atoms with Crippen LogP contribution in [0.5, 0.6) is 5.75 Å². The Morgan fingerprint density at radius 2 is 2.00 bits per heavy atom. The Balaban J connectivity index is 2.37. The molecule has 1 saturated heterocycles. The number of hydrogen-bond donors (Lipinski definition) is 2. The lowest BCUT2D eigenvalue weighted by atomic mass is 9.87. The summed E-state index contributed by atoms with van der Waals surface area (Å²) in [6.45, 7) is 3.78. The highest BCUT2D eigenvalue weighted by atomic mass is 16.4. The molecule has 2 N–H and O–H groups in total. The highest BCUT2D eigenvalue weighted by Gasteiger charge is 2.44. The number of aliphatic carboxylic acids is 1. The molecule has 0 bridgehead atoms. The number of piperidine rings is 1. The number of phenolic OH excluding ortho intramolecular Hbond substituents is 1. The predicted octanol–water partition coefficient (Wildman–Crippen LogP) is 2.17. The third-order valence-corrected chi connectivity index (χ3v) is 4.04. The van der Waals surface area contributed by atoms with Crippen LogP contribution in [0.2, 0.25) is 0 Å². The lowest BCUT2D eigenvalue weighted by molar-refractivity contribution is -0.150. The number of rotatable bonds is 2. The molecule has 0 spiro atoms. The van der Waals surface area contributed by atoms with E-state index in [1.54, 1.807) is 19.9 Å². The van der Waals surface area contributed by atoms with E-state index in [4.69, 9.17) is 0 Å². The van der Waals surface area contributed by atoms with Crippen molar-refractivity contribution >= 4 is 11.9 Å². The molecule has 5 nitrogen and oxygen atoms in total. The first kappa shape index (κ1) is 14.4. The fourth-order valence-corrected chi connectivity index (χ4v) is 2.70. The van der Waals surface area contributed by atoms with Crippen molar-refractivity contribution in [3.63, 3.8) is 0 Å². The number of likely N-dealkylation sites (tertiary alicyclic amines) is 1. The molecule has 0 aliphatic carbocycles. The summed E-state index contributed by atoms with van der Waals surface area (Å²) in [6.07, 6.45) is 2.08. The largest absolute Gasteiger partial charge is 0.508 e. The van der Waals surface area contributed by atoms with Crippen LogP contribution in [0.3, 0.4) is 0 Å². The van der Waals surface area contributed by atoms with E-state index in [0.717, 1.165) is 12.8 Å². The zero-order valence-electron chi connectivity index (χ0n) is 11.7. The van der Waals surface area contributed by atoms with Crippen molar-refractivity contribution in [3.05, 3.63) is 29.3 Å². The second-order valence-corrected chi connectivity index (χ2v) is 5.49. The van der Waals surface area contributed by atoms with Gasteiger partial charge in [0.2, 0.25) is 0 Å². The molecule has 1 aromatic rings. The van der Waals surface area contributed by atoms with Crippen LogP contribution >= 0.6 is 0 Å². The highest BCUT2D eigenvalue weighted by molar-refractivity contribution is 5.99. The highest BCUT2D eigenvalue weighted by Crippen LogP contribution is 2.30. The van der Waals surface area contributed by atoms with Crippen LogP contribution in [0.25, 0.3) is 0 Å². The van der Waals surface area contributed by atoms with Crippen molar-refractivity contribution in [2.75, 3.05) is 6.54 Å². The summed E-state index contributed by atoms with van der Waals surface area (Å²) in [7, 11) is 0. The summed E-state index contributed by atoms with van der Waals surface area (Å²) in [5.74, 6) is -1.16. The van der Waals surface area contributed by atoms with Crippen molar-refractivity contribution in [2.24, 2.45) is 0 Å². The molecule has 1 atom stereocenters. The van der Waals surface area contributed by atoms with Gasteiger partial charge < -0.3 is 15.1 Å². The Morgan fingerprint density at radius 3 is 2.60 bits per heavy atom. The smallest absolute Gasteiger partial charge is 0.329 e. The van der Waals surface area contributed by atoms with Gasteiger partial charge in [-0.05, 0) is 56.9 Å². The van der Waals surface area contributed by atoms with E-state index in [1.165, 1.54) is 17.0 Å². The molecule has 0 saturated carbocycles. The van der Waals surface area contributed by atoms with Crippen molar-refractivity contribution < 1.29 is 19.8 Å². The number of carbonyl (C=O) groups excluding carboxylic acids is 1. The van der Waals surface area contributed by atoms with Crippen LogP contribution in [0.15, 0.2) is 18.2 Å². The molecule has 0 aromatic heterocycles. The molecule has 20 heavy (non-hydrogen) atoms. The maximum atomic E-state index is 12.6. The normalized spacial score (nSPS) is 22.6. The topological polar surface area (TPSA) is 77.8 Å². The van der Waals surface area contributed by atoms with E-state index >= 15 is 0 Å². The van der Waals surface area contributed by atoms with Gasteiger partial charge in [0, 0.05) is 12.1 Å². The van der Waals surface area contributed by atoms with Gasteiger partial charge in [0.25, 0.3) is 5.91 Å². The van der Waals surface area contributed by atoms with E-state index < -0.39 is 11.5 Å². The molecule has 0 radical (unpaired) electrons. The predicted molar refractivity (Wildman–Crippen MR) is 73.8 cm³/mol. The average molecular weight is 277 g/mol. The Bertz CT molecular complexity index is 555. The minimum Gasteiger partial charge on any atom is -0.508 e. The monoisotopic (exact) mass is 277 g/mol. The van der Waals surface area contributed by atoms with Crippen molar-refractivity contribution in [2.45, 2.75) is 38.6 Å². The van der Waals surface area contributed by atoms with Crippen LogP contribution < -0.4 is 0 Å². The van der Waals surface area contributed by atoms with Gasteiger partial charge in [0.1, 0.15) is 11.3 Å². The molecular formula is C15H19NO4. The lowest BCUT2D eigenvalue weighted by Gasteiger charge is -2.41. The van der Waals surface area contributed by atoms with E-state index in [0.29, 0.717) is 24.1 Å². The van der Waals surface area contributed by atoms with Gasteiger partial charge in [-0.3, -0.25) is 4.79 Å². The van der Waals surface area contributed by atoms with Crippen LogP contribution in [0, 0.1) is 6.92 Å². The summed E-state index contributed by atoms with van der Waals surface area (Å²) < 4.78 is 0. The zero-order valence-corrected chi connectivity index (χ0v) is 11.7. The van der Waals surface area contributed by atoms with Gasteiger partial charge >= 0.3 is 5.97 Å². The van der Waals surface area contributed by atoms with E-state index in [1.807, 2.05) is 0 Å². The first-order valence-corrected chi connectivity index (χ1v) is 6.71. The number of carboxylic acid groups (broad SMARTS) is 1. The second kappa shape index (κ2) is 5.15. The zero-order chi connectivity index (χ0) is 14.9. The fraction of sp³-hybridized carbons (Fsp3) is 0.467. The first-order chi connectivity index (χ1) is 9.36. The van der Waals surface area contributed by atoms with Gasteiger partial charge in [0.15, 0.2) is 0 Å². The number of phenols is 1. The number of nitrogens with zero attached hydrogens (tertiary/aromatic N) is 1. The number of carboxylic acids is 1. The summed E-state index contributed by atoms with van der Waals surface area (Å²) in [5, 5.41) is 18.8. The maximum absolute atomic E-state index is 12.6. The van der Waals surface area contributed by atoms with Crippen LogP contribution in [0.1, 0.15) is 42.1 Å². The number of aromatic hydroxyl groups is 1.